The molecule has 2 rings (SSSR count). The molecule has 0 aliphatic carbocycles. The Kier molecular flexibility index (Phi) is 3.70. The van der Waals surface area contributed by atoms with Gasteiger partial charge in [-0.25, -0.2) is 9.78 Å². The van der Waals surface area contributed by atoms with Crippen molar-refractivity contribution in [3.8, 4) is 0 Å². The number of aromatic nitrogens is 4. The zero-order valence-electron chi connectivity index (χ0n) is 11.3. The predicted molar refractivity (Wildman–Crippen MR) is 72.3 cm³/mol. The highest BCUT2D eigenvalue weighted by Gasteiger charge is 2.15. The minimum absolute atomic E-state index is 0.0516. The number of carbonyl (C=O) groups is 1. The second-order valence-corrected chi connectivity index (χ2v) is 4.39. The van der Waals surface area contributed by atoms with Gasteiger partial charge >= 0.3 is 5.69 Å². The van der Waals surface area contributed by atoms with E-state index >= 15 is 0 Å². The molecule has 0 saturated carbocycles. The van der Waals surface area contributed by atoms with Crippen molar-refractivity contribution >= 4 is 17.1 Å². The standard InChI is InChI=1S/C11H16N6O3/c1-15-9-8(10(19)16(2)11(15)20)17(6-14-9)5-7(18)13-4-3-12/h6H,3-5,12H2,1-2H3,(H,13,18). The molecule has 3 N–H and O–H groups in total. The fourth-order valence-electron chi connectivity index (χ4n) is 1.94. The molecule has 9 heteroatoms. The van der Waals surface area contributed by atoms with E-state index in [-0.39, 0.29) is 23.6 Å². The van der Waals surface area contributed by atoms with E-state index in [1.807, 2.05) is 0 Å². The number of nitrogens with two attached hydrogens (primary N) is 1. The maximum absolute atomic E-state index is 12.1. The van der Waals surface area contributed by atoms with Crippen LogP contribution in [0.5, 0.6) is 0 Å². The van der Waals surface area contributed by atoms with Crippen LogP contribution < -0.4 is 22.3 Å². The molecule has 2 aromatic heterocycles. The van der Waals surface area contributed by atoms with Crippen molar-refractivity contribution < 1.29 is 4.79 Å². The molecule has 1 amide bonds. The van der Waals surface area contributed by atoms with Crippen molar-refractivity contribution in [3.63, 3.8) is 0 Å². The monoisotopic (exact) mass is 280 g/mol. The van der Waals surface area contributed by atoms with Gasteiger partial charge in [-0.05, 0) is 0 Å². The fourth-order valence-corrected chi connectivity index (χ4v) is 1.94. The first kappa shape index (κ1) is 14.0. The molecule has 0 fully saturated rings. The van der Waals surface area contributed by atoms with Gasteiger partial charge in [-0.1, -0.05) is 0 Å². The van der Waals surface area contributed by atoms with E-state index in [4.69, 9.17) is 5.73 Å². The number of amides is 1. The van der Waals surface area contributed by atoms with Crippen molar-refractivity contribution in [1.29, 1.82) is 0 Å². The number of nitrogens with one attached hydrogen (secondary N) is 1. The van der Waals surface area contributed by atoms with Crippen LogP contribution in [0.3, 0.4) is 0 Å². The molecule has 0 bridgehead atoms. The van der Waals surface area contributed by atoms with Gasteiger partial charge in [0.05, 0.1) is 6.33 Å². The van der Waals surface area contributed by atoms with Crippen LogP contribution in [0.1, 0.15) is 0 Å². The summed E-state index contributed by atoms with van der Waals surface area (Å²) in [6.07, 6.45) is 1.37. The van der Waals surface area contributed by atoms with E-state index in [1.54, 1.807) is 0 Å². The van der Waals surface area contributed by atoms with Gasteiger partial charge in [0.2, 0.25) is 5.91 Å². The topological polar surface area (TPSA) is 117 Å². The van der Waals surface area contributed by atoms with Crippen molar-refractivity contribution in [3.05, 3.63) is 27.2 Å². The number of nitrogens with zero attached hydrogens (tertiary/aromatic N) is 4. The highest BCUT2D eigenvalue weighted by atomic mass is 16.2. The number of hydrogen-bond acceptors (Lipinski definition) is 5. The minimum atomic E-state index is -0.479. The number of fused-ring (bicyclic) bond motifs is 1. The van der Waals surface area contributed by atoms with E-state index in [9.17, 15) is 14.4 Å². The summed E-state index contributed by atoms with van der Waals surface area (Å²) in [4.78, 5) is 39.6. The van der Waals surface area contributed by atoms with E-state index < -0.39 is 11.2 Å². The molecule has 20 heavy (non-hydrogen) atoms. The second-order valence-electron chi connectivity index (χ2n) is 4.39. The molecule has 0 atom stereocenters. The Morgan fingerprint density at radius 3 is 2.70 bits per heavy atom. The Morgan fingerprint density at radius 1 is 1.35 bits per heavy atom. The molecule has 2 aromatic rings. The Morgan fingerprint density at radius 2 is 2.05 bits per heavy atom. The molecule has 0 radical (unpaired) electrons. The molecule has 0 aliphatic rings. The van der Waals surface area contributed by atoms with Crippen molar-refractivity contribution in [1.82, 2.24) is 24.0 Å². The van der Waals surface area contributed by atoms with E-state index in [0.717, 1.165) is 4.57 Å². The highest BCUT2D eigenvalue weighted by molar-refractivity contribution is 5.78. The first-order valence-electron chi connectivity index (χ1n) is 6.05. The zero-order chi connectivity index (χ0) is 14.9. The highest BCUT2D eigenvalue weighted by Crippen LogP contribution is 2.04. The van der Waals surface area contributed by atoms with Gasteiger partial charge in [-0.2, -0.15) is 0 Å². The normalized spacial score (nSPS) is 10.9. The Bertz CT molecular complexity index is 769. The summed E-state index contributed by atoms with van der Waals surface area (Å²) in [5.41, 5.74) is 4.83. The van der Waals surface area contributed by atoms with Gasteiger partial charge in [0, 0.05) is 27.2 Å². The molecule has 0 spiro atoms. The third kappa shape index (κ3) is 2.23. The summed E-state index contributed by atoms with van der Waals surface area (Å²) >= 11 is 0. The lowest BCUT2D eigenvalue weighted by atomic mass is 10.4. The van der Waals surface area contributed by atoms with Crippen LogP contribution in [0.4, 0.5) is 0 Å². The summed E-state index contributed by atoms with van der Waals surface area (Å²) in [6.45, 7) is 0.651. The van der Waals surface area contributed by atoms with Crippen LogP contribution in [-0.2, 0) is 25.4 Å². The number of aryl methyl sites for hydroxylation is 1. The molecule has 108 valence electrons. The van der Waals surface area contributed by atoms with Crippen LogP contribution in [-0.4, -0.2) is 37.7 Å². The minimum Gasteiger partial charge on any atom is -0.353 e. The Hall–Kier alpha value is -2.42. The van der Waals surface area contributed by atoms with Crippen LogP contribution in [0.2, 0.25) is 0 Å². The summed E-state index contributed by atoms with van der Waals surface area (Å²) in [5.74, 6) is -0.273. The Balaban J connectivity index is 2.50. The van der Waals surface area contributed by atoms with Crippen LogP contribution in [0.15, 0.2) is 15.9 Å². The third-order valence-corrected chi connectivity index (χ3v) is 3.00. The maximum atomic E-state index is 12.1. The van der Waals surface area contributed by atoms with Gasteiger partial charge in [-0.15, -0.1) is 0 Å². The molecular weight excluding hydrogens is 264 g/mol. The summed E-state index contributed by atoms with van der Waals surface area (Å²) in [6, 6.07) is 0. The van der Waals surface area contributed by atoms with Gasteiger partial charge < -0.3 is 15.6 Å². The average Bonchev–Trinajstić information content (AvgIpc) is 2.84. The zero-order valence-corrected chi connectivity index (χ0v) is 11.3. The molecule has 0 aromatic carbocycles. The van der Waals surface area contributed by atoms with Crippen molar-refractivity contribution in [2.45, 2.75) is 6.54 Å². The van der Waals surface area contributed by atoms with E-state index in [0.29, 0.717) is 13.1 Å². The SMILES string of the molecule is Cn1c(=O)c2c(ncn2CC(=O)NCCN)n(C)c1=O. The van der Waals surface area contributed by atoms with Gasteiger partial charge in [0.15, 0.2) is 11.2 Å². The van der Waals surface area contributed by atoms with Crippen LogP contribution >= 0.6 is 0 Å². The lowest BCUT2D eigenvalue weighted by molar-refractivity contribution is -0.121. The first-order chi connectivity index (χ1) is 9.47. The third-order valence-electron chi connectivity index (χ3n) is 3.00. The predicted octanol–water partition coefficient (Wildman–Crippen LogP) is -2.49. The molecular formula is C11H16N6O3. The van der Waals surface area contributed by atoms with Gasteiger partial charge in [-0.3, -0.25) is 18.7 Å². The van der Waals surface area contributed by atoms with Gasteiger partial charge in [0.25, 0.3) is 5.56 Å². The number of carbonyl (C=O) groups excluding carboxylic acids is 1. The number of imidazole rings is 1. The average molecular weight is 280 g/mol. The largest absolute Gasteiger partial charge is 0.353 e. The number of rotatable bonds is 4. The summed E-state index contributed by atoms with van der Waals surface area (Å²) in [7, 11) is 2.91. The summed E-state index contributed by atoms with van der Waals surface area (Å²) < 4.78 is 3.67. The first-order valence-corrected chi connectivity index (χ1v) is 6.05. The fraction of sp³-hybridized carbons (Fsp3) is 0.455. The number of hydrogen-bond donors (Lipinski definition) is 2. The quantitative estimate of drug-likeness (QED) is 0.642. The second kappa shape index (κ2) is 5.29. The lowest BCUT2D eigenvalue weighted by Crippen LogP contribution is -2.38. The van der Waals surface area contributed by atoms with Crippen LogP contribution in [0.25, 0.3) is 11.2 Å². The Labute approximate surface area is 113 Å². The van der Waals surface area contributed by atoms with E-state index in [1.165, 1.54) is 29.6 Å². The molecule has 0 aliphatic heterocycles. The van der Waals surface area contributed by atoms with Crippen molar-refractivity contribution in [2.24, 2.45) is 19.8 Å². The smallest absolute Gasteiger partial charge is 0.332 e. The lowest BCUT2D eigenvalue weighted by Gasteiger charge is -2.07. The van der Waals surface area contributed by atoms with Crippen LogP contribution in [0, 0.1) is 0 Å². The molecule has 9 nitrogen and oxygen atoms in total. The van der Waals surface area contributed by atoms with E-state index in [2.05, 4.69) is 10.3 Å². The van der Waals surface area contributed by atoms with Gasteiger partial charge in [0.1, 0.15) is 6.54 Å². The molecule has 0 unspecified atom stereocenters. The molecule has 2 heterocycles. The molecule has 0 saturated heterocycles. The summed E-state index contributed by atoms with van der Waals surface area (Å²) in [5, 5.41) is 2.61. The maximum Gasteiger partial charge on any atom is 0.332 e. The van der Waals surface area contributed by atoms with Crippen molar-refractivity contribution in [2.75, 3.05) is 13.1 Å².